The van der Waals surface area contributed by atoms with Gasteiger partial charge in [0, 0.05) is 5.41 Å². The van der Waals surface area contributed by atoms with Gasteiger partial charge in [0.05, 0.1) is 0 Å². The summed E-state index contributed by atoms with van der Waals surface area (Å²) >= 11 is 0. The molecule has 202 valence electrons. The Labute approximate surface area is 251 Å². The molecule has 0 fully saturated rings. The molecular weight excluding hydrogens is 516 g/mol. The minimum absolute atomic E-state index is 0.0614. The molecule has 0 spiro atoms. The summed E-state index contributed by atoms with van der Waals surface area (Å²) in [4.78, 5) is 0. The molecular formula is C43H30. The topological polar surface area (TPSA) is 0 Å². The molecule has 0 unspecified atom stereocenters. The lowest BCUT2D eigenvalue weighted by molar-refractivity contribution is 0.666. The predicted octanol–water partition coefficient (Wildman–Crippen LogP) is 11.9. The van der Waals surface area contributed by atoms with Crippen molar-refractivity contribution in [2.75, 3.05) is 0 Å². The largest absolute Gasteiger partial charge is 0.0619 e. The van der Waals surface area contributed by atoms with E-state index in [1.807, 2.05) is 0 Å². The fraction of sp³-hybridized carbons (Fsp3) is 0.0698. The monoisotopic (exact) mass is 546 g/mol. The molecule has 8 aromatic carbocycles. The summed E-state index contributed by atoms with van der Waals surface area (Å²) in [6.45, 7) is 4.76. The van der Waals surface area contributed by atoms with Crippen LogP contribution >= 0.6 is 0 Å². The van der Waals surface area contributed by atoms with Gasteiger partial charge in [-0.1, -0.05) is 153 Å². The summed E-state index contributed by atoms with van der Waals surface area (Å²) in [5, 5.41) is 10.4. The Kier molecular flexibility index (Phi) is 5.05. The molecule has 0 saturated carbocycles. The molecule has 0 heteroatoms. The van der Waals surface area contributed by atoms with Gasteiger partial charge in [-0.2, -0.15) is 0 Å². The number of rotatable bonds is 2. The van der Waals surface area contributed by atoms with Crippen LogP contribution in [0.5, 0.6) is 0 Å². The molecule has 8 aromatic rings. The lowest BCUT2D eigenvalue weighted by Gasteiger charge is -2.24. The Morgan fingerprint density at radius 1 is 0.372 bits per heavy atom. The molecule has 0 saturated heterocycles. The quantitative estimate of drug-likeness (QED) is 0.189. The first kappa shape index (κ1) is 24.4. The minimum atomic E-state index is -0.0614. The Hall–Kier alpha value is -5.20. The average Bonchev–Trinajstić information content (AvgIpc) is 3.29. The maximum atomic E-state index is 2.38. The second kappa shape index (κ2) is 8.90. The summed E-state index contributed by atoms with van der Waals surface area (Å²) < 4.78 is 0. The molecule has 1 aliphatic carbocycles. The summed E-state index contributed by atoms with van der Waals surface area (Å²) in [6.07, 6.45) is 0. The molecule has 0 heterocycles. The Morgan fingerprint density at radius 3 is 1.70 bits per heavy atom. The van der Waals surface area contributed by atoms with Crippen LogP contribution in [0.4, 0.5) is 0 Å². The van der Waals surface area contributed by atoms with Crippen molar-refractivity contribution in [1.29, 1.82) is 0 Å². The Balaban J connectivity index is 1.38. The molecule has 0 aliphatic heterocycles. The van der Waals surface area contributed by atoms with Gasteiger partial charge in [-0.05, 0) is 93.7 Å². The van der Waals surface area contributed by atoms with Gasteiger partial charge in [0.15, 0.2) is 0 Å². The van der Waals surface area contributed by atoms with E-state index in [0.29, 0.717) is 0 Å². The summed E-state index contributed by atoms with van der Waals surface area (Å²) in [6, 6.07) is 54.1. The highest BCUT2D eigenvalue weighted by atomic mass is 14.4. The highest BCUT2D eigenvalue weighted by Gasteiger charge is 2.36. The lowest BCUT2D eigenvalue weighted by Crippen LogP contribution is -2.15. The lowest BCUT2D eigenvalue weighted by atomic mass is 9.79. The van der Waals surface area contributed by atoms with Gasteiger partial charge >= 0.3 is 0 Å². The second-order valence-electron chi connectivity index (χ2n) is 12.5. The highest BCUT2D eigenvalue weighted by molar-refractivity contribution is 6.24. The van der Waals surface area contributed by atoms with E-state index in [1.54, 1.807) is 0 Å². The molecule has 9 rings (SSSR count). The number of hydrogen-bond acceptors (Lipinski definition) is 0. The average molecular weight is 547 g/mol. The standard InChI is InChI=1S/C43H30/c1-43(2)39-21-10-9-14-31(39)38-25-24-30-32(19-11-20-37(30)42(38)43)41-35-17-7-5-15-33(35)40(34-16-6-8-18-36(34)41)29-23-22-27-12-3-4-13-28(27)26-29/h3-26H,1-2H3. The molecule has 0 nitrogen and oxygen atoms in total. The van der Waals surface area contributed by atoms with Crippen LogP contribution in [-0.2, 0) is 5.41 Å². The van der Waals surface area contributed by atoms with Gasteiger partial charge in [0.25, 0.3) is 0 Å². The zero-order valence-corrected chi connectivity index (χ0v) is 24.4. The van der Waals surface area contributed by atoms with Crippen LogP contribution in [0.15, 0.2) is 146 Å². The summed E-state index contributed by atoms with van der Waals surface area (Å²) in [5.74, 6) is 0. The third-order valence-corrected chi connectivity index (χ3v) is 9.82. The number of fused-ring (bicyclic) bond motifs is 8. The van der Waals surface area contributed by atoms with Crippen molar-refractivity contribution >= 4 is 43.1 Å². The number of benzene rings is 8. The molecule has 0 bridgehead atoms. The normalized spacial score (nSPS) is 13.5. The van der Waals surface area contributed by atoms with Crippen molar-refractivity contribution in [3.05, 3.63) is 157 Å². The van der Waals surface area contributed by atoms with Crippen LogP contribution < -0.4 is 0 Å². The van der Waals surface area contributed by atoms with E-state index in [4.69, 9.17) is 0 Å². The first-order valence-electron chi connectivity index (χ1n) is 15.2. The van der Waals surface area contributed by atoms with Crippen LogP contribution in [0.2, 0.25) is 0 Å². The maximum Gasteiger partial charge on any atom is 0.0165 e. The fourth-order valence-corrected chi connectivity index (χ4v) is 7.95. The van der Waals surface area contributed by atoms with Gasteiger partial charge in [0.2, 0.25) is 0 Å². The van der Waals surface area contributed by atoms with E-state index in [1.165, 1.54) is 87.6 Å². The van der Waals surface area contributed by atoms with Gasteiger partial charge in [-0.3, -0.25) is 0 Å². The SMILES string of the molecule is CC1(C)c2ccccc2-c2ccc3c(-c4c5ccccc5c(-c5ccc6ccccc6c5)c5ccccc45)cccc3c21. The Bertz CT molecular complexity index is 2360. The van der Waals surface area contributed by atoms with E-state index in [9.17, 15) is 0 Å². The van der Waals surface area contributed by atoms with Crippen LogP contribution in [0.3, 0.4) is 0 Å². The highest BCUT2D eigenvalue weighted by Crippen LogP contribution is 2.53. The minimum Gasteiger partial charge on any atom is -0.0619 e. The van der Waals surface area contributed by atoms with Crippen LogP contribution in [-0.4, -0.2) is 0 Å². The first-order chi connectivity index (χ1) is 21.1. The summed E-state index contributed by atoms with van der Waals surface area (Å²) in [7, 11) is 0. The number of hydrogen-bond donors (Lipinski definition) is 0. The van der Waals surface area contributed by atoms with E-state index < -0.39 is 0 Å². The van der Waals surface area contributed by atoms with Crippen molar-refractivity contribution in [2.45, 2.75) is 19.3 Å². The van der Waals surface area contributed by atoms with Gasteiger partial charge in [-0.15, -0.1) is 0 Å². The molecule has 1 aliphatic rings. The van der Waals surface area contributed by atoms with Crippen molar-refractivity contribution in [3.63, 3.8) is 0 Å². The smallest absolute Gasteiger partial charge is 0.0165 e. The van der Waals surface area contributed by atoms with Gasteiger partial charge < -0.3 is 0 Å². The van der Waals surface area contributed by atoms with Crippen molar-refractivity contribution in [2.24, 2.45) is 0 Å². The van der Waals surface area contributed by atoms with Crippen molar-refractivity contribution < 1.29 is 0 Å². The summed E-state index contributed by atoms with van der Waals surface area (Å²) in [5.41, 5.74) is 10.7. The van der Waals surface area contributed by atoms with Crippen LogP contribution in [0.25, 0.3) is 76.5 Å². The Morgan fingerprint density at radius 2 is 0.953 bits per heavy atom. The predicted molar refractivity (Wildman–Crippen MR) is 185 cm³/mol. The molecule has 0 aromatic heterocycles. The van der Waals surface area contributed by atoms with Gasteiger partial charge in [-0.25, -0.2) is 0 Å². The third kappa shape index (κ3) is 3.38. The molecule has 43 heavy (non-hydrogen) atoms. The molecule has 0 radical (unpaired) electrons. The zero-order chi connectivity index (χ0) is 28.7. The van der Waals surface area contributed by atoms with E-state index >= 15 is 0 Å². The third-order valence-electron chi connectivity index (χ3n) is 9.82. The van der Waals surface area contributed by atoms with Crippen molar-refractivity contribution in [1.82, 2.24) is 0 Å². The second-order valence-corrected chi connectivity index (χ2v) is 12.5. The van der Waals surface area contributed by atoms with E-state index in [-0.39, 0.29) is 5.41 Å². The molecule has 0 amide bonds. The van der Waals surface area contributed by atoms with Crippen molar-refractivity contribution in [3.8, 4) is 33.4 Å². The van der Waals surface area contributed by atoms with Crippen LogP contribution in [0.1, 0.15) is 25.0 Å². The fourth-order valence-electron chi connectivity index (χ4n) is 7.95. The van der Waals surface area contributed by atoms with Gasteiger partial charge in [0.1, 0.15) is 0 Å². The van der Waals surface area contributed by atoms with E-state index in [0.717, 1.165) is 0 Å². The zero-order valence-electron chi connectivity index (χ0n) is 24.4. The molecule has 0 atom stereocenters. The van der Waals surface area contributed by atoms with Crippen LogP contribution in [0, 0.1) is 0 Å². The maximum absolute atomic E-state index is 2.38. The molecule has 0 N–H and O–H groups in total. The first-order valence-corrected chi connectivity index (χ1v) is 15.2. The van der Waals surface area contributed by atoms with E-state index in [2.05, 4.69) is 159 Å².